The zero-order valence-corrected chi connectivity index (χ0v) is 10.7. The molecule has 0 radical (unpaired) electrons. The Morgan fingerprint density at radius 3 is 2.75 bits per heavy atom. The molecule has 0 aromatic carbocycles. The monoisotopic (exact) mass is 239 g/mol. The maximum atomic E-state index is 9.48. The molecular weight excluding hydrogens is 218 g/mol. The van der Waals surface area contributed by atoms with Crippen LogP contribution in [0.2, 0.25) is 0 Å². The van der Waals surface area contributed by atoms with Crippen LogP contribution < -0.4 is 5.32 Å². The van der Waals surface area contributed by atoms with E-state index in [0.717, 1.165) is 32.1 Å². The number of thiophene rings is 1. The smallest absolute Gasteiger partial charge is 0.0541 e. The number of rotatable bonds is 4. The Labute approximate surface area is 102 Å². The third kappa shape index (κ3) is 3.06. The summed E-state index contributed by atoms with van der Waals surface area (Å²) in [5.41, 5.74) is 0. The minimum absolute atomic E-state index is 0.0557. The molecule has 1 aromatic heterocycles. The number of aliphatic hydroxyl groups is 1. The van der Waals surface area contributed by atoms with Crippen LogP contribution in [0.3, 0.4) is 0 Å². The van der Waals surface area contributed by atoms with Crippen molar-refractivity contribution in [3.8, 4) is 0 Å². The molecule has 90 valence electrons. The molecule has 1 aliphatic carbocycles. The number of hydrogen-bond donors (Lipinski definition) is 2. The van der Waals surface area contributed by atoms with E-state index in [1.165, 1.54) is 4.88 Å². The lowest BCUT2D eigenvalue weighted by Gasteiger charge is -2.29. The Balaban J connectivity index is 1.87. The largest absolute Gasteiger partial charge is 0.393 e. The van der Waals surface area contributed by atoms with E-state index in [1.807, 2.05) is 11.3 Å². The lowest BCUT2D eigenvalue weighted by Crippen LogP contribution is -2.36. The van der Waals surface area contributed by atoms with Crippen LogP contribution in [0.4, 0.5) is 0 Å². The van der Waals surface area contributed by atoms with Crippen LogP contribution in [0.15, 0.2) is 17.5 Å². The number of nitrogens with one attached hydrogen (secondary N) is 1. The SMILES string of the molecule is CCC(NC1CCC(O)CC1)c1cccs1. The van der Waals surface area contributed by atoms with Crippen molar-refractivity contribution in [3.63, 3.8) is 0 Å². The Hall–Kier alpha value is -0.380. The number of hydrogen-bond acceptors (Lipinski definition) is 3. The molecule has 1 fully saturated rings. The van der Waals surface area contributed by atoms with E-state index in [9.17, 15) is 5.11 Å². The van der Waals surface area contributed by atoms with E-state index in [1.54, 1.807) is 0 Å². The van der Waals surface area contributed by atoms with E-state index >= 15 is 0 Å². The first-order valence-corrected chi connectivity index (χ1v) is 7.15. The predicted molar refractivity (Wildman–Crippen MR) is 68.7 cm³/mol. The first kappa shape index (κ1) is 12.1. The Morgan fingerprint density at radius 2 is 2.19 bits per heavy atom. The maximum absolute atomic E-state index is 9.48. The van der Waals surface area contributed by atoms with Gasteiger partial charge in [-0.15, -0.1) is 11.3 Å². The van der Waals surface area contributed by atoms with Crippen molar-refractivity contribution in [1.82, 2.24) is 5.32 Å². The summed E-state index contributed by atoms with van der Waals surface area (Å²) in [5, 5.41) is 15.3. The Morgan fingerprint density at radius 1 is 1.44 bits per heavy atom. The zero-order chi connectivity index (χ0) is 11.4. The summed E-state index contributed by atoms with van der Waals surface area (Å²) < 4.78 is 0. The van der Waals surface area contributed by atoms with Crippen molar-refractivity contribution >= 4 is 11.3 Å². The molecule has 1 aromatic rings. The molecule has 2 rings (SSSR count). The average molecular weight is 239 g/mol. The van der Waals surface area contributed by atoms with Gasteiger partial charge in [0.15, 0.2) is 0 Å². The van der Waals surface area contributed by atoms with Gasteiger partial charge in [-0.05, 0) is 43.6 Å². The molecule has 0 spiro atoms. The summed E-state index contributed by atoms with van der Waals surface area (Å²) in [4.78, 5) is 1.44. The van der Waals surface area contributed by atoms with Gasteiger partial charge in [-0.25, -0.2) is 0 Å². The lowest BCUT2D eigenvalue weighted by atomic mass is 9.92. The maximum Gasteiger partial charge on any atom is 0.0541 e. The normalized spacial score (nSPS) is 27.9. The average Bonchev–Trinajstić information content (AvgIpc) is 2.82. The Kier molecular flexibility index (Phi) is 4.38. The summed E-state index contributed by atoms with van der Waals surface area (Å²) in [7, 11) is 0. The highest BCUT2D eigenvalue weighted by atomic mass is 32.1. The first-order chi connectivity index (χ1) is 7.79. The van der Waals surface area contributed by atoms with Crippen molar-refractivity contribution in [3.05, 3.63) is 22.4 Å². The van der Waals surface area contributed by atoms with Crippen LogP contribution in [0.5, 0.6) is 0 Å². The topological polar surface area (TPSA) is 32.3 Å². The molecule has 0 aliphatic heterocycles. The molecular formula is C13H21NOS. The molecule has 2 N–H and O–H groups in total. The van der Waals surface area contributed by atoms with Crippen molar-refractivity contribution in [2.45, 2.75) is 57.2 Å². The molecule has 0 amide bonds. The fourth-order valence-corrected chi connectivity index (χ4v) is 3.29. The minimum Gasteiger partial charge on any atom is -0.393 e. The molecule has 1 heterocycles. The molecule has 1 saturated carbocycles. The molecule has 0 bridgehead atoms. The fourth-order valence-electron chi connectivity index (χ4n) is 2.42. The van der Waals surface area contributed by atoms with E-state index in [2.05, 4.69) is 29.8 Å². The zero-order valence-electron chi connectivity index (χ0n) is 9.86. The molecule has 1 unspecified atom stereocenters. The van der Waals surface area contributed by atoms with Crippen LogP contribution in [-0.2, 0) is 0 Å². The molecule has 2 nitrogen and oxygen atoms in total. The van der Waals surface area contributed by atoms with E-state index in [4.69, 9.17) is 0 Å². The van der Waals surface area contributed by atoms with Gasteiger partial charge >= 0.3 is 0 Å². The lowest BCUT2D eigenvalue weighted by molar-refractivity contribution is 0.114. The molecule has 16 heavy (non-hydrogen) atoms. The van der Waals surface area contributed by atoms with Crippen LogP contribution in [0.25, 0.3) is 0 Å². The second-order valence-corrected chi connectivity index (χ2v) is 5.63. The summed E-state index contributed by atoms with van der Waals surface area (Å²) in [5.74, 6) is 0. The first-order valence-electron chi connectivity index (χ1n) is 6.27. The highest BCUT2D eigenvalue weighted by Gasteiger charge is 2.22. The number of aliphatic hydroxyl groups excluding tert-OH is 1. The summed E-state index contributed by atoms with van der Waals surface area (Å²) in [6.45, 7) is 2.23. The quantitative estimate of drug-likeness (QED) is 0.846. The molecule has 1 atom stereocenters. The van der Waals surface area contributed by atoms with Crippen molar-refractivity contribution < 1.29 is 5.11 Å². The van der Waals surface area contributed by atoms with Gasteiger partial charge in [0.1, 0.15) is 0 Å². The molecule has 0 saturated heterocycles. The van der Waals surface area contributed by atoms with Crippen molar-refractivity contribution in [2.75, 3.05) is 0 Å². The van der Waals surface area contributed by atoms with Crippen molar-refractivity contribution in [2.24, 2.45) is 0 Å². The highest BCUT2D eigenvalue weighted by Crippen LogP contribution is 2.26. The molecule has 3 heteroatoms. The van der Waals surface area contributed by atoms with Gasteiger partial charge < -0.3 is 10.4 Å². The second kappa shape index (κ2) is 5.80. The van der Waals surface area contributed by atoms with Crippen LogP contribution in [0.1, 0.15) is 49.9 Å². The van der Waals surface area contributed by atoms with Gasteiger partial charge in [0.25, 0.3) is 0 Å². The standard InChI is InChI=1S/C13H21NOS/c1-2-12(13-4-3-9-16-13)14-10-5-7-11(15)8-6-10/h3-4,9-12,14-15H,2,5-8H2,1H3. The van der Waals surface area contributed by atoms with Gasteiger partial charge in [0, 0.05) is 17.0 Å². The highest BCUT2D eigenvalue weighted by molar-refractivity contribution is 7.10. The second-order valence-electron chi connectivity index (χ2n) is 4.65. The van der Waals surface area contributed by atoms with Gasteiger partial charge in [0.2, 0.25) is 0 Å². The van der Waals surface area contributed by atoms with Gasteiger partial charge in [0.05, 0.1) is 6.10 Å². The Bertz CT molecular complexity index is 291. The summed E-state index contributed by atoms with van der Waals surface area (Å²) in [6, 6.07) is 5.43. The minimum atomic E-state index is -0.0557. The van der Waals surface area contributed by atoms with E-state index < -0.39 is 0 Å². The predicted octanol–water partition coefficient (Wildman–Crippen LogP) is 3.09. The summed E-state index contributed by atoms with van der Waals surface area (Å²) >= 11 is 1.83. The fraction of sp³-hybridized carbons (Fsp3) is 0.692. The van der Waals surface area contributed by atoms with E-state index in [-0.39, 0.29) is 6.10 Å². The third-order valence-electron chi connectivity index (χ3n) is 3.43. The summed E-state index contributed by atoms with van der Waals surface area (Å²) in [6.07, 6.45) is 5.22. The van der Waals surface area contributed by atoms with Gasteiger partial charge in [-0.1, -0.05) is 13.0 Å². The molecule has 1 aliphatic rings. The third-order valence-corrected chi connectivity index (χ3v) is 4.41. The van der Waals surface area contributed by atoms with Crippen molar-refractivity contribution in [1.29, 1.82) is 0 Å². The van der Waals surface area contributed by atoms with Crippen LogP contribution in [0, 0.1) is 0 Å². The van der Waals surface area contributed by atoms with Gasteiger partial charge in [-0.3, -0.25) is 0 Å². The van der Waals surface area contributed by atoms with Crippen LogP contribution in [-0.4, -0.2) is 17.3 Å². The van der Waals surface area contributed by atoms with Crippen LogP contribution >= 0.6 is 11.3 Å². The van der Waals surface area contributed by atoms with E-state index in [0.29, 0.717) is 12.1 Å². The van der Waals surface area contributed by atoms with Gasteiger partial charge in [-0.2, -0.15) is 0 Å².